The molecule has 3 N–H and O–H groups in total. The SMILES string of the molecule is CC1CCCC2C(=O)NC(CSC3CCN(CCNC(=O)c4ccccn4)CC3)NC12. The number of aromatic nitrogens is 1. The molecule has 3 heterocycles. The number of nitrogens with one attached hydrogen (secondary N) is 3. The van der Waals surface area contributed by atoms with E-state index >= 15 is 0 Å². The van der Waals surface area contributed by atoms with Gasteiger partial charge in [-0.25, -0.2) is 0 Å². The first-order chi connectivity index (χ1) is 15.1. The van der Waals surface area contributed by atoms with Crippen LogP contribution in [-0.4, -0.2) is 71.1 Å². The second-order valence-electron chi connectivity index (χ2n) is 9.11. The zero-order valence-corrected chi connectivity index (χ0v) is 19.2. The average molecular weight is 446 g/mol. The van der Waals surface area contributed by atoms with Crippen LogP contribution in [0.5, 0.6) is 0 Å². The summed E-state index contributed by atoms with van der Waals surface area (Å²) in [7, 11) is 0. The Kier molecular flexibility index (Phi) is 7.85. The molecule has 170 valence electrons. The molecule has 1 saturated carbocycles. The number of amides is 2. The van der Waals surface area contributed by atoms with Crippen molar-refractivity contribution < 1.29 is 9.59 Å². The highest BCUT2D eigenvalue weighted by atomic mass is 32.2. The van der Waals surface area contributed by atoms with Crippen molar-refractivity contribution in [2.45, 2.75) is 56.5 Å². The van der Waals surface area contributed by atoms with Crippen LogP contribution < -0.4 is 16.0 Å². The molecule has 1 aromatic rings. The van der Waals surface area contributed by atoms with E-state index in [0.717, 1.165) is 44.6 Å². The number of fused-ring (bicyclic) bond motifs is 1. The lowest BCUT2D eigenvalue weighted by Crippen LogP contribution is -2.65. The maximum Gasteiger partial charge on any atom is 0.269 e. The molecule has 7 nitrogen and oxygen atoms in total. The Labute approximate surface area is 189 Å². The van der Waals surface area contributed by atoms with E-state index in [4.69, 9.17) is 0 Å². The Bertz CT molecular complexity index is 741. The quantitative estimate of drug-likeness (QED) is 0.594. The summed E-state index contributed by atoms with van der Waals surface area (Å²) in [5, 5.41) is 10.5. The van der Waals surface area contributed by atoms with Crippen molar-refractivity contribution in [2.75, 3.05) is 31.9 Å². The molecule has 0 aromatic carbocycles. The molecule has 3 aliphatic rings. The number of thioether (sulfide) groups is 1. The first kappa shape index (κ1) is 22.6. The van der Waals surface area contributed by atoms with Crippen LogP contribution in [0.3, 0.4) is 0 Å². The lowest BCUT2D eigenvalue weighted by atomic mass is 9.76. The Morgan fingerprint density at radius 2 is 2.10 bits per heavy atom. The highest BCUT2D eigenvalue weighted by Crippen LogP contribution is 2.32. The second kappa shape index (κ2) is 10.8. The van der Waals surface area contributed by atoms with Crippen molar-refractivity contribution in [1.29, 1.82) is 0 Å². The molecule has 3 fully saturated rings. The van der Waals surface area contributed by atoms with Gasteiger partial charge in [0.15, 0.2) is 0 Å². The zero-order valence-electron chi connectivity index (χ0n) is 18.4. The van der Waals surface area contributed by atoms with Gasteiger partial charge in [-0.3, -0.25) is 19.9 Å². The number of pyridine rings is 1. The minimum absolute atomic E-state index is 0.0964. The molecule has 2 amide bonds. The summed E-state index contributed by atoms with van der Waals surface area (Å²) in [6.45, 7) is 5.91. The third kappa shape index (κ3) is 5.99. The van der Waals surface area contributed by atoms with Crippen LogP contribution in [0.25, 0.3) is 0 Å². The van der Waals surface area contributed by atoms with Crippen molar-refractivity contribution in [3.8, 4) is 0 Å². The number of piperidine rings is 1. The molecule has 4 atom stereocenters. The molecule has 2 saturated heterocycles. The van der Waals surface area contributed by atoms with Crippen LogP contribution in [0.1, 0.15) is 49.5 Å². The minimum Gasteiger partial charge on any atom is -0.349 e. The average Bonchev–Trinajstić information content (AvgIpc) is 2.80. The monoisotopic (exact) mass is 445 g/mol. The largest absolute Gasteiger partial charge is 0.349 e. The van der Waals surface area contributed by atoms with Gasteiger partial charge in [0.2, 0.25) is 5.91 Å². The number of likely N-dealkylation sites (tertiary alicyclic amines) is 1. The molecule has 4 unspecified atom stereocenters. The van der Waals surface area contributed by atoms with Gasteiger partial charge in [-0.05, 0) is 56.8 Å². The second-order valence-corrected chi connectivity index (χ2v) is 10.4. The van der Waals surface area contributed by atoms with Gasteiger partial charge in [-0.15, -0.1) is 0 Å². The number of rotatable bonds is 7. The molecular formula is C23H35N5O2S. The molecule has 0 spiro atoms. The standard InChI is InChI=1S/C23H35N5O2S/c1-16-5-4-6-18-21(16)26-20(27-22(18)29)15-31-17-8-12-28(13-9-17)14-11-25-23(30)19-7-2-3-10-24-19/h2-3,7,10,16-18,20-21,26H,4-6,8-9,11-15H2,1H3,(H,25,30)(H,27,29). The predicted molar refractivity (Wildman–Crippen MR) is 124 cm³/mol. The zero-order chi connectivity index (χ0) is 21.6. The summed E-state index contributed by atoms with van der Waals surface area (Å²) >= 11 is 1.99. The molecule has 0 bridgehead atoms. The fourth-order valence-electron chi connectivity index (χ4n) is 5.08. The maximum atomic E-state index is 12.5. The summed E-state index contributed by atoms with van der Waals surface area (Å²) in [6, 6.07) is 5.71. The topological polar surface area (TPSA) is 86.4 Å². The summed E-state index contributed by atoms with van der Waals surface area (Å²) in [5.41, 5.74) is 0.468. The maximum absolute atomic E-state index is 12.5. The summed E-state index contributed by atoms with van der Waals surface area (Å²) in [4.78, 5) is 31.1. The Hall–Kier alpha value is -1.64. The smallest absolute Gasteiger partial charge is 0.269 e. The highest BCUT2D eigenvalue weighted by Gasteiger charge is 2.40. The number of carbonyl (C=O) groups excluding carboxylic acids is 2. The molecule has 8 heteroatoms. The normalized spacial score (nSPS) is 29.8. The summed E-state index contributed by atoms with van der Waals surface area (Å²) in [6.07, 6.45) is 7.46. The first-order valence-electron chi connectivity index (χ1n) is 11.7. The van der Waals surface area contributed by atoms with Gasteiger partial charge in [0.05, 0.1) is 12.1 Å². The minimum atomic E-state index is -0.109. The molecule has 1 aliphatic carbocycles. The van der Waals surface area contributed by atoms with E-state index in [1.807, 2.05) is 23.9 Å². The van der Waals surface area contributed by atoms with Crippen LogP contribution in [0.15, 0.2) is 24.4 Å². The highest BCUT2D eigenvalue weighted by molar-refractivity contribution is 7.99. The Morgan fingerprint density at radius 3 is 2.87 bits per heavy atom. The van der Waals surface area contributed by atoms with Crippen LogP contribution in [0.2, 0.25) is 0 Å². The van der Waals surface area contributed by atoms with Gasteiger partial charge in [0, 0.05) is 36.3 Å². The van der Waals surface area contributed by atoms with E-state index < -0.39 is 0 Å². The van der Waals surface area contributed by atoms with E-state index in [-0.39, 0.29) is 23.9 Å². The van der Waals surface area contributed by atoms with Crippen molar-refractivity contribution in [3.05, 3.63) is 30.1 Å². The van der Waals surface area contributed by atoms with Crippen LogP contribution >= 0.6 is 11.8 Å². The van der Waals surface area contributed by atoms with Gasteiger partial charge in [0.25, 0.3) is 5.91 Å². The third-order valence-corrected chi connectivity index (χ3v) is 8.38. The van der Waals surface area contributed by atoms with E-state index in [1.165, 1.54) is 12.8 Å². The molecule has 31 heavy (non-hydrogen) atoms. The van der Waals surface area contributed by atoms with Gasteiger partial charge < -0.3 is 15.5 Å². The Morgan fingerprint density at radius 1 is 1.26 bits per heavy atom. The van der Waals surface area contributed by atoms with E-state index in [0.29, 0.717) is 29.4 Å². The Balaban J connectivity index is 1.12. The fourth-order valence-corrected chi connectivity index (χ4v) is 6.27. The van der Waals surface area contributed by atoms with Crippen molar-refractivity contribution >= 4 is 23.6 Å². The van der Waals surface area contributed by atoms with Crippen molar-refractivity contribution in [1.82, 2.24) is 25.8 Å². The number of carbonyl (C=O) groups is 2. The van der Waals surface area contributed by atoms with Gasteiger partial charge in [-0.2, -0.15) is 11.8 Å². The number of hydrogen-bond donors (Lipinski definition) is 3. The number of nitrogens with zero attached hydrogens (tertiary/aromatic N) is 2. The molecule has 0 radical (unpaired) electrons. The van der Waals surface area contributed by atoms with Crippen molar-refractivity contribution in [2.24, 2.45) is 11.8 Å². The summed E-state index contributed by atoms with van der Waals surface area (Å²) in [5.74, 6) is 1.82. The van der Waals surface area contributed by atoms with Crippen LogP contribution in [0.4, 0.5) is 0 Å². The van der Waals surface area contributed by atoms with E-state index in [9.17, 15) is 9.59 Å². The number of hydrogen-bond acceptors (Lipinski definition) is 6. The van der Waals surface area contributed by atoms with Gasteiger partial charge in [-0.1, -0.05) is 19.4 Å². The van der Waals surface area contributed by atoms with Crippen molar-refractivity contribution in [3.63, 3.8) is 0 Å². The lowest BCUT2D eigenvalue weighted by molar-refractivity contribution is -0.131. The van der Waals surface area contributed by atoms with E-state index in [1.54, 1.807) is 12.3 Å². The fraction of sp³-hybridized carbons (Fsp3) is 0.696. The predicted octanol–water partition coefficient (Wildman–Crippen LogP) is 1.86. The molecular weight excluding hydrogens is 410 g/mol. The van der Waals surface area contributed by atoms with Gasteiger partial charge >= 0.3 is 0 Å². The molecule has 4 rings (SSSR count). The van der Waals surface area contributed by atoms with Crippen LogP contribution in [0, 0.1) is 11.8 Å². The van der Waals surface area contributed by atoms with Gasteiger partial charge in [0.1, 0.15) is 5.69 Å². The lowest BCUT2D eigenvalue weighted by Gasteiger charge is -2.43. The first-order valence-corrected chi connectivity index (χ1v) is 12.7. The van der Waals surface area contributed by atoms with Crippen LogP contribution in [-0.2, 0) is 4.79 Å². The van der Waals surface area contributed by atoms with E-state index in [2.05, 4.69) is 32.8 Å². The third-order valence-electron chi connectivity index (χ3n) is 6.91. The molecule has 2 aliphatic heterocycles. The summed E-state index contributed by atoms with van der Waals surface area (Å²) < 4.78 is 0. The molecule has 1 aromatic heterocycles.